The summed E-state index contributed by atoms with van der Waals surface area (Å²) in [6.45, 7) is 6.66. The molecule has 0 atom stereocenters. The number of aryl methyl sites for hydroxylation is 3. The first-order chi connectivity index (χ1) is 13.2. The van der Waals surface area contributed by atoms with Crippen LogP contribution >= 0.6 is 0 Å². The first-order valence-corrected chi connectivity index (χ1v) is 8.93. The summed E-state index contributed by atoms with van der Waals surface area (Å²) in [5.74, 6) is -0.709. The van der Waals surface area contributed by atoms with Crippen molar-refractivity contribution in [3.05, 3.63) is 74.8 Å². The molecular formula is C22H20F2N2O2. The highest BCUT2D eigenvalue weighted by atomic mass is 19.1. The Morgan fingerprint density at radius 2 is 1.79 bits per heavy atom. The van der Waals surface area contributed by atoms with Gasteiger partial charge in [0.15, 0.2) is 5.78 Å². The molecular weight excluding hydrogens is 362 g/mol. The standard InChI is InChI=1S/C22H20F2N2O2/c1-5-20-25-19-11-18(24)15(7-6-14(4)27)10-17(19)22(28)26(20)21-12(2)8-16(23)9-13(21)3/h6-11H,5H2,1-4H3/b7-6+. The van der Waals surface area contributed by atoms with Crippen LogP contribution in [0.25, 0.3) is 22.7 Å². The molecule has 4 nitrogen and oxygen atoms in total. The van der Waals surface area contributed by atoms with Gasteiger partial charge in [-0.3, -0.25) is 14.2 Å². The molecule has 0 radical (unpaired) electrons. The van der Waals surface area contributed by atoms with Crippen LogP contribution in [0.3, 0.4) is 0 Å². The number of nitrogens with zero attached hydrogens (tertiary/aromatic N) is 2. The molecule has 0 aliphatic heterocycles. The van der Waals surface area contributed by atoms with Gasteiger partial charge >= 0.3 is 0 Å². The average molecular weight is 382 g/mol. The topological polar surface area (TPSA) is 52.0 Å². The van der Waals surface area contributed by atoms with E-state index in [2.05, 4.69) is 4.98 Å². The van der Waals surface area contributed by atoms with Gasteiger partial charge in [0.2, 0.25) is 0 Å². The third-order valence-corrected chi connectivity index (χ3v) is 4.55. The van der Waals surface area contributed by atoms with Gasteiger partial charge in [-0.1, -0.05) is 6.92 Å². The molecule has 0 aliphatic rings. The zero-order chi connectivity index (χ0) is 20.6. The second-order valence-electron chi connectivity index (χ2n) is 6.75. The molecule has 0 spiro atoms. The number of hydrogen-bond acceptors (Lipinski definition) is 3. The van der Waals surface area contributed by atoms with Crippen LogP contribution in [0.1, 0.15) is 36.4 Å². The van der Waals surface area contributed by atoms with Gasteiger partial charge in [-0.25, -0.2) is 13.8 Å². The third kappa shape index (κ3) is 3.50. The van der Waals surface area contributed by atoms with E-state index in [0.717, 1.165) is 0 Å². The average Bonchev–Trinajstić information content (AvgIpc) is 2.61. The van der Waals surface area contributed by atoms with E-state index in [4.69, 9.17) is 0 Å². The summed E-state index contributed by atoms with van der Waals surface area (Å²) in [5, 5.41) is 0.227. The fourth-order valence-corrected chi connectivity index (χ4v) is 3.33. The molecule has 0 fully saturated rings. The second-order valence-corrected chi connectivity index (χ2v) is 6.75. The maximum absolute atomic E-state index is 14.4. The van der Waals surface area contributed by atoms with Gasteiger partial charge in [-0.15, -0.1) is 0 Å². The molecule has 0 saturated carbocycles. The highest BCUT2D eigenvalue weighted by Crippen LogP contribution is 2.23. The summed E-state index contributed by atoms with van der Waals surface area (Å²) in [5.41, 5.74) is 1.79. The van der Waals surface area contributed by atoms with Crippen molar-refractivity contribution < 1.29 is 13.6 Å². The summed E-state index contributed by atoms with van der Waals surface area (Å²) in [6, 6.07) is 5.32. The van der Waals surface area contributed by atoms with Crippen LogP contribution in [0.4, 0.5) is 8.78 Å². The van der Waals surface area contributed by atoms with Crippen molar-refractivity contribution in [2.24, 2.45) is 0 Å². The molecule has 0 aliphatic carbocycles. The van der Waals surface area contributed by atoms with Crippen molar-refractivity contribution in [3.63, 3.8) is 0 Å². The Morgan fingerprint density at radius 1 is 1.14 bits per heavy atom. The Hall–Kier alpha value is -3.15. The van der Waals surface area contributed by atoms with Crippen molar-refractivity contribution in [2.45, 2.75) is 34.1 Å². The minimum absolute atomic E-state index is 0.130. The molecule has 144 valence electrons. The van der Waals surface area contributed by atoms with Crippen LogP contribution in [0, 0.1) is 25.5 Å². The Morgan fingerprint density at radius 3 is 2.36 bits per heavy atom. The molecule has 0 amide bonds. The fourth-order valence-electron chi connectivity index (χ4n) is 3.33. The van der Waals surface area contributed by atoms with Gasteiger partial charge < -0.3 is 0 Å². The van der Waals surface area contributed by atoms with Crippen LogP contribution in [0.15, 0.2) is 35.1 Å². The molecule has 3 rings (SSSR count). The molecule has 6 heteroatoms. The van der Waals surface area contributed by atoms with Crippen LogP contribution in [-0.2, 0) is 11.2 Å². The maximum atomic E-state index is 14.4. The first kappa shape index (κ1) is 19.6. The van der Waals surface area contributed by atoms with E-state index < -0.39 is 5.82 Å². The van der Waals surface area contributed by atoms with Crippen LogP contribution < -0.4 is 5.56 Å². The van der Waals surface area contributed by atoms with Crippen molar-refractivity contribution >= 4 is 22.8 Å². The molecule has 0 saturated heterocycles. The number of rotatable bonds is 4. The summed E-state index contributed by atoms with van der Waals surface area (Å²) in [4.78, 5) is 29.0. The number of allylic oxidation sites excluding steroid dienone is 1. The van der Waals surface area contributed by atoms with Crippen molar-refractivity contribution in [3.8, 4) is 5.69 Å². The summed E-state index contributed by atoms with van der Waals surface area (Å²) in [7, 11) is 0. The Kier molecular flexibility index (Phi) is 5.23. The van der Waals surface area contributed by atoms with E-state index >= 15 is 0 Å². The molecule has 1 aromatic heterocycles. The SMILES string of the molecule is CCc1nc2cc(F)c(/C=C/C(C)=O)cc2c(=O)n1-c1c(C)cc(F)cc1C. The van der Waals surface area contributed by atoms with E-state index in [-0.39, 0.29) is 33.6 Å². The van der Waals surface area contributed by atoms with Gasteiger partial charge in [0.1, 0.15) is 17.5 Å². The minimum atomic E-state index is -0.564. The van der Waals surface area contributed by atoms with Crippen LogP contribution in [-0.4, -0.2) is 15.3 Å². The van der Waals surface area contributed by atoms with E-state index in [9.17, 15) is 18.4 Å². The summed E-state index contributed by atoms with van der Waals surface area (Å²) < 4.78 is 29.6. The van der Waals surface area contributed by atoms with E-state index in [0.29, 0.717) is 29.1 Å². The van der Waals surface area contributed by atoms with Gasteiger partial charge in [0, 0.05) is 18.1 Å². The van der Waals surface area contributed by atoms with Crippen molar-refractivity contribution in [2.75, 3.05) is 0 Å². The van der Waals surface area contributed by atoms with Crippen molar-refractivity contribution in [1.29, 1.82) is 0 Å². The minimum Gasteiger partial charge on any atom is -0.295 e. The van der Waals surface area contributed by atoms with E-state index in [1.54, 1.807) is 13.8 Å². The molecule has 3 aromatic rings. The molecule has 28 heavy (non-hydrogen) atoms. The predicted octanol–water partition coefficient (Wildman–Crippen LogP) is 4.45. The lowest BCUT2D eigenvalue weighted by Gasteiger charge is -2.17. The predicted molar refractivity (Wildman–Crippen MR) is 106 cm³/mol. The van der Waals surface area contributed by atoms with E-state index in [1.165, 1.54) is 47.9 Å². The highest BCUT2D eigenvalue weighted by molar-refractivity contribution is 5.92. The fraction of sp³-hybridized carbons (Fsp3) is 0.227. The number of hydrogen-bond donors (Lipinski definition) is 0. The first-order valence-electron chi connectivity index (χ1n) is 8.93. The smallest absolute Gasteiger partial charge is 0.266 e. The Balaban J connectivity index is 2.38. The lowest BCUT2D eigenvalue weighted by atomic mass is 10.1. The van der Waals surface area contributed by atoms with E-state index in [1.807, 2.05) is 6.92 Å². The quantitative estimate of drug-likeness (QED) is 0.627. The zero-order valence-corrected chi connectivity index (χ0v) is 16.1. The van der Waals surface area contributed by atoms with Crippen LogP contribution in [0.2, 0.25) is 0 Å². The summed E-state index contributed by atoms with van der Waals surface area (Å²) >= 11 is 0. The van der Waals surface area contributed by atoms with Gasteiger partial charge in [0.25, 0.3) is 5.56 Å². The molecule has 0 N–H and O–H groups in total. The lowest BCUT2D eigenvalue weighted by Crippen LogP contribution is -2.25. The number of ketones is 1. The largest absolute Gasteiger partial charge is 0.295 e. The molecule has 1 heterocycles. The number of benzene rings is 2. The normalized spacial score (nSPS) is 11.5. The monoisotopic (exact) mass is 382 g/mol. The van der Waals surface area contributed by atoms with Gasteiger partial charge in [-0.2, -0.15) is 0 Å². The lowest BCUT2D eigenvalue weighted by molar-refractivity contribution is -0.112. The zero-order valence-electron chi connectivity index (χ0n) is 16.1. The van der Waals surface area contributed by atoms with Crippen molar-refractivity contribution in [1.82, 2.24) is 9.55 Å². The number of carbonyl (C=O) groups excluding carboxylic acids is 1. The Bertz CT molecular complexity index is 1170. The molecule has 0 unspecified atom stereocenters. The molecule has 2 aromatic carbocycles. The molecule has 0 bridgehead atoms. The number of carbonyl (C=O) groups is 1. The maximum Gasteiger partial charge on any atom is 0.266 e. The third-order valence-electron chi connectivity index (χ3n) is 4.55. The number of halogens is 2. The number of aromatic nitrogens is 2. The Labute approximate surface area is 161 Å². The highest BCUT2D eigenvalue weighted by Gasteiger charge is 2.17. The van der Waals surface area contributed by atoms with Crippen LogP contribution in [0.5, 0.6) is 0 Å². The van der Waals surface area contributed by atoms with Gasteiger partial charge in [0.05, 0.1) is 16.6 Å². The van der Waals surface area contributed by atoms with Gasteiger partial charge in [-0.05, 0) is 62.2 Å². The number of fused-ring (bicyclic) bond motifs is 1. The second kappa shape index (κ2) is 7.46. The summed E-state index contributed by atoms with van der Waals surface area (Å²) in [6.07, 6.45) is 3.02.